The lowest BCUT2D eigenvalue weighted by molar-refractivity contribution is -0.138. The maximum Gasteiger partial charge on any atom is 0.246 e. The van der Waals surface area contributed by atoms with Crippen LogP contribution in [0.5, 0.6) is 0 Å². The van der Waals surface area contributed by atoms with Crippen molar-refractivity contribution in [1.82, 2.24) is 14.5 Å². The van der Waals surface area contributed by atoms with Crippen LogP contribution in [0.1, 0.15) is 36.8 Å². The molecule has 2 aromatic carbocycles. The number of nitrogens with one attached hydrogen (secondary N) is 1. The summed E-state index contributed by atoms with van der Waals surface area (Å²) < 4.78 is 7.06. The monoisotopic (exact) mass is 508 g/mol. The second-order valence-corrected chi connectivity index (χ2v) is 9.81. The Morgan fingerprint density at radius 1 is 1.11 bits per heavy atom. The minimum absolute atomic E-state index is 0.0105. The predicted octanol–water partition coefficient (Wildman–Crippen LogP) is 5.41. The SMILES string of the molecule is COCCN(CC(=O)Nc1nc(-c2ccc(Cl)cc2)cn1-c1ccc(C)c(C)c1)C(=O)C1CCCC1. The summed E-state index contributed by atoms with van der Waals surface area (Å²) in [7, 11) is 1.59. The Bertz CT molecular complexity index is 1220. The Morgan fingerprint density at radius 2 is 1.83 bits per heavy atom. The van der Waals surface area contributed by atoms with Crippen LogP contribution in [0.25, 0.3) is 16.9 Å². The van der Waals surface area contributed by atoms with Crippen LogP contribution in [0.2, 0.25) is 5.02 Å². The molecular formula is C28H33ClN4O3. The normalized spacial score (nSPS) is 13.7. The van der Waals surface area contributed by atoms with Gasteiger partial charge < -0.3 is 9.64 Å². The van der Waals surface area contributed by atoms with Gasteiger partial charge in [-0.05, 0) is 62.1 Å². The van der Waals surface area contributed by atoms with Gasteiger partial charge in [-0.1, -0.05) is 42.6 Å². The van der Waals surface area contributed by atoms with Crippen molar-refractivity contribution in [2.24, 2.45) is 5.92 Å². The Kier molecular flexibility index (Phi) is 8.44. The van der Waals surface area contributed by atoms with Crippen molar-refractivity contribution in [2.45, 2.75) is 39.5 Å². The summed E-state index contributed by atoms with van der Waals surface area (Å²) in [6, 6.07) is 13.5. The molecule has 190 valence electrons. The highest BCUT2D eigenvalue weighted by Gasteiger charge is 2.28. The lowest BCUT2D eigenvalue weighted by Crippen LogP contribution is -2.42. The Morgan fingerprint density at radius 3 is 2.50 bits per heavy atom. The number of methoxy groups -OCH3 is 1. The molecule has 0 radical (unpaired) electrons. The minimum atomic E-state index is -0.296. The molecule has 0 unspecified atom stereocenters. The molecule has 0 spiro atoms. The van der Waals surface area contributed by atoms with E-state index in [1.807, 2.05) is 47.2 Å². The van der Waals surface area contributed by atoms with Crippen LogP contribution >= 0.6 is 11.6 Å². The Labute approximate surface area is 217 Å². The van der Waals surface area contributed by atoms with Crippen LogP contribution in [-0.4, -0.2) is 53.1 Å². The summed E-state index contributed by atoms with van der Waals surface area (Å²) in [5.74, 6) is 0.117. The highest BCUT2D eigenvalue weighted by molar-refractivity contribution is 6.30. The molecule has 0 saturated heterocycles. The van der Waals surface area contributed by atoms with Crippen molar-refractivity contribution in [3.63, 3.8) is 0 Å². The number of benzene rings is 2. The summed E-state index contributed by atoms with van der Waals surface area (Å²) in [6.07, 6.45) is 5.77. The first-order chi connectivity index (χ1) is 17.4. The largest absolute Gasteiger partial charge is 0.383 e. The molecule has 3 aromatic rings. The fraction of sp³-hybridized carbons (Fsp3) is 0.393. The molecule has 1 aromatic heterocycles. The van der Waals surface area contributed by atoms with Crippen LogP contribution in [-0.2, 0) is 14.3 Å². The number of nitrogens with zero attached hydrogens (tertiary/aromatic N) is 3. The highest BCUT2D eigenvalue weighted by Crippen LogP contribution is 2.28. The number of ether oxygens (including phenoxy) is 1. The van der Waals surface area contributed by atoms with Gasteiger partial charge in [0.2, 0.25) is 17.8 Å². The van der Waals surface area contributed by atoms with Gasteiger partial charge in [-0.25, -0.2) is 4.98 Å². The van der Waals surface area contributed by atoms with Crippen LogP contribution in [0.15, 0.2) is 48.7 Å². The van der Waals surface area contributed by atoms with Gasteiger partial charge in [-0.15, -0.1) is 0 Å². The lowest BCUT2D eigenvalue weighted by atomic mass is 10.1. The van der Waals surface area contributed by atoms with Gasteiger partial charge in [-0.3, -0.25) is 19.5 Å². The molecule has 1 aliphatic rings. The second kappa shape index (κ2) is 11.7. The van der Waals surface area contributed by atoms with Crippen molar-refractivity contribution < 1.29 is 14.3 Å². The summed E-state index contributed by atoms with van der Waals surface area (Å²) in [5.41, 5.74) is 4.80. The van der Waals surface area contributed by atoms with Crippen molar-refractivity contribution in [3.8, 4) is 16.9 Å². The van der Waals surface area contributed by atoms with E-state index in [4.69, 9.17) is 21.3 Å². The molecule has 2 amide bonds. The highest BCUT2D eigenvalue weighted by atomic mass is 35.5. The number of hydrogen-bond acceptors (Lipinski definition) is 4. The van der Waals surface area contributed by atoms with Gasteiger partial charge in [0.15, 0.2) is 0 Å². The van der Waals surface area contributed by atoms with Crippen molar-refractivity contribution in [1.29, 1.82) is 0 Å². The Hall–Kier alpha value is -3.16. The van der Waals surface area contributed by atoms with Crippen LogP contribution < -0.4 is 5.32 Å². The fourth-order valence-corrected chi connectivity index (χ4v) is 4.66. The molecule has 1 saturated carbocycles. The summed E-state index contributed by atoms with van der Waals surface area (Å²) in [5, 5.41) is 3.59. The lowest BCUT2D eigenvalue weighted by Gasteiger charge is -2.25. The summed E-state index contributed by atoms with van der Waals surface area (Å²) in [6.45, 7) is 4.82. The topological polar surface area (TPSA) is 76.5 Å². The number of imidazole rings is 1. The Balaban J connectivity index is 1.60. The number of rotatable bonds is 9. The number of amides is 2. The predicted molar refractivity (Wildman–Crippen MR) is 143 cm³/mol. The molecule has 8 heteroatoms. The van der Waals surface area contributed by atoms with Gasteiger partial charge in [0.1, 0.15) is 6.54 Å². The van der Waals surface area contributed by atoms with E-state index in [-0.39, 0.29) is 24.3 Å². The molecule has 0 bridgehead atoms. The first-order valence-corrected chi connectivity index (χ1v) is 12.7. The van der Waals surface area contributed by atoms with Gasteiger partial charge in [0, 0.05) is 42.0 Å². The van der Waals surface area contributed by atoms with E-state index in [0.29, 0.717) is 29.8 Å². The molecule has 1 aliphatic carbocycles. The van der Waals surface area contributed by atoms with Crippen molar-refractivity contribution in [2.75, 3.05) is 32.1 Å². The zero-order valence-corrected chi connectivity index (χ0v) is 21.8. The third-order valence-electron chi connectivity index (χ3n) is 6.78. The molecular weight excluding hydrogens is 476 g/mol. The minimum Gasteiger partial charge on any atom is -0.383 e. The van der Waals surface area contributed by atoms with Crippen molar-refractivity contribution >= 4 is 29.4 Å². The molecule has 4 rings (SSSR count). The first-order valence-electron chi connectivity index (χ1n) is 12.4. The van der Waals surface area contributed by atoms with E-state index in [2.05, 4.69) is 25.2 Å². The first kappa shape index (κ1) is 25.9. The van der Waals surface area contributed by atoms with Crippen LogP contribution in [0, 0.1) is 19.8 Å². The van der Waals surface area contributed by atoms with Crippen molar-refractivity contribution in [3.05, 3.63) is 64.8 Å². The maximum absolute atomic E-state index is 13.2. The molecule has 36 heavy (non-hydrogen) atoms. The smallest absolute Gasteiger partial charge is 0.246 e. The average Bonchev–Trinajstić information content (AvgIpc) is 3.54. The maximum atomic E-state index is 13.2. The number of halogens is 1. The number of carbonyl (C=O) groups is 2. The number of aromatic nitrogens is 2. The van der Waals surface area contributed by atoms with E-state index in [0.717, 1.165) is 42.5 Å². The van der Waals surface area contributed by atoms with Gasteiger partial charge >= 0.3 is 0 Å². The van der Waals surface area contributed by atoms with E-state index in [9.17, 15) is 9.59 Å². The van der Waals surface area contributed by atoms with Gasteiger partial charge in [0.25, 0.3) is 0 Å². The molecule has 1 N–H and O–H groups in total. The van der Waals surface area contributed by atoms with E-state index in [1.165, 1.54) is 5.56 Å². The summed E-state index contributed by atoms with van der Waals surface area (Å²) >= 11 is 6.07. The third kappa shape index (κ3) is 6.15. The zero-order chi connectivity index (χ0) is 25.7. The van der Waals surface area contributed by atoms with Gasteiger partial charge in [0.05, 0.1) is 12.3 Å². The molecule has 7 nitrogen and oxygen atoms in total. The van der Waals surface area contributed by atoms with Crippen LogP contribution in [0.4, 0.5) is 5.95 Å². The standard InChI is InChI=1S/C28H33ClN4O3/c1-19-8-13-24(16-20(19)2)33-17-25(21-9-11-23(29)12-10-21)30-28(33)31-26(34)18-32(14-15-36-3)27(35)22-6-4-5-7-22/h8-13,16-17,22H,4-7,14-15,18H2,1-3H3,(H,30,31,34). The van der Waals surface area contributed by atoms with E-state index < -0.39 is 0 Å². The van der Waals surface area contributed by atoms with E-state index >= 15 is 0 Å². The number of anilines is 1. The average molecular weight is 509 g/mol. The fourth-order valence-electron chi connectivity index (χ4n) is 4.54. The van der Waals surface area contributed by atoms with E-state index in [1.54, 1.807) is 12.0 Å². The summed E-state index contributed by atoms with van der Waals surface area (Å²) in [4.78, 5) is 32.6. The second-order valence-electron chi connectivity index (χ2n) is 9.38. The molecule has 1 fully saturated rings. The molecule has 0 aliphatic heterocycles. The van der Waals surface area contributed by atoms with Crippen LogP contribution in [0.3, 0.4) is 0 Å². The number of hydrogen-bond donors (Lipinski definition) is 1. The molecule has 0 atom stereocenters. The molecule has 1 heterocycles. The quantitative estimate of drug-likeness (QED) is 0.419. The number of carbonyl (C=O) groups excluding carboxylic acids is 2. The van der Waals surface area contributed by atoms with Gasteiger partial charge in [-0.2, -0.15) is 0 Å². The third-order valence-corrected chi connectivity index (χ3v) is 7.03. The zero-order valence-electron chi connectivity index (χ0n) is 21.1. The number of aryl methyl sites for hydroxylation is 2.